The molecule has 10 nitrogen and oxygen atoms in total. The third-order valence-electron chi connectivity index (χ3n) is 6.53. The molecule has 2 aromatic rings. The molecule has 0 radical (unpaired) electrons. The maximum Gasteiger partial charge on any atom is 0.243 e. The molecule has 0 aromatic heterocycles. The molecule has 3 aliphatic rings. The number of ether oxygens (including phenoxy) is 2. The van der Waals surface area contributed by atoms with E-state index in [0.29, 0.717) is 56.0 Å². The topological polar surface area (TPSA) is 118 Å². The maximum absolute atomic E-state index is 13.3. The molecule has 1 N–H and O–H groups in total. The minimum absolute atomic E-state index is 0.0101. The van der Waals surface area contributed by atoms with Crippen LogP contribution in [0.1, 0.15) is 19.3 Å². The zero-order chi connectivity index (χ0) is 26.5. The van der Waals surface area contributed by atoms with Crippen LogP contribution in [0.5, 0.6) is 0 Å². The van der Waals surface area contributed by atoms with E-state index in [1.165, 1.54) is 28.2 Å². The quantitative estimate of drug-likeness (QED) is 0.529. The highest BCUT2D eigenvalue weighted by molar-refractivity contribution is 8.15. The van der Waals surface area contributed by atoms with Gasteiger partial charge in [0.2, 0.25) is 21.8 Å². The largest absolute Gasteiger partial charge is 0.379 e. The Kier molecular flexibility index (Phi) is 8.44. The first-order chi connectivity index (χ1) is 18.4. The molecule has 3 aliphatic heterocycles. The van der Waals surface area contributed by atoms with Gasteiger partial charge in [0.25, 0.3) is 0 Å². The second-order valence-electron chi connectivity index (χ2n) is 9.21. The summed E-state index contributed by atoms with van der Waals surface area (Å²) >= 11 is 1.25. The van der Waals surface area contributed by atoms with Gasteiger partial charge in [-0.25, -0.2) is 13.4 Å². The number of benzene rings is 2. The number of aliphatic imine (C=N–C) groups is 1. The van der Waals surface area contributed by atoms with E-state index in [9.17, 15) is 18.0 Å². The molecule has 0 aliphatic carbocycles. The predicted octanol–water partition coefficient (Wildman–Crippen LogP) is 2.85. The summed E-state index contributed by atoms with van der Waals surface area (Å²) in [7, 11) is -3.62. The minimum atomic E-state index is -3.62. The summed E-state index contributed by atoms with van der Waals surface area (Å²) in [6.07, 6.45) is 1.72. The fourth-order valence-corrected chi connectivity index (χ4v) is 7.10. The van der Waals surface area contributed by atoms with Gasteiger partial charge in [-0.3, -0.25) is 14.5 Å². The second-order valence-corrected chi connectivity index (χ2v) is 12.3. The van der Waals surface area contributed by atoms with E-state index in [1.807, 2.05) is 18.2 Å². The van der Waals surface area contributed by atoms with E-state index in [4.69, 9.17) is 9.47 Å². The van der Waals surface area contributed by atoms with Gasteiger partial charge in [0.05, 0.1) is 36.4 Å². The van der Waals surface area contributed by atoms with Crippen molar-refractivity contribution in [3.05, 3.63) is 54.6 Å². The third kappa shape index (κ3) is 6.26. The van der Waals surface area contributed by atoms with Crippen molar-refractivity contribution in [1.29, 1.82) is 0 Å². The van der Waals surface area contributed by atoms with Crippen molar-refractivity contribution in [1.82, 2.24) is 9.21 Å². The highest BCUT2D eigenvalue weighted by Crippen LogP contribution is 2.33. The summed E-state index contributed by atoms with van der Waals surface area (Å²) in [5.41, 5.74) is 1.19. The molecule has 38 heavy (non-hydrogen) atoms. The lowest BCUT2D eigenvalue weighted by Gasteiger charge is -2.26. The molecular weight excluding hydrogens is 528 g/mol. The van der Waals surface area contributed by atoms with Crippen LogP contribution in [0.2, 0.25) is 0 Å². The molecule has 2 aromatic carbocycles. The zero-order valence-corrected chi connectivity index (χ0v) is 22.5. The van der Waals surface area contributed by atoms with Crippen molar-refractivity contribution in [2.75, 3.05) is 44.8 Å². The van der Waals surface area contributed by atoms with Gasteiger partial charge in [0.1, 0.15) is 5.25 Å². The molecule has 5 rings (SSSR count). The van der Waals surface area contributed by atoms with Crippen LogP contribution in [0.4, 0.5) is 11.4 Å². The van der Waals surface area contributed by atoms with Crippen LogP contribution in [0.25, 0.3) is 0 Å². The van der Waals surface area contributed by atoms with Crippen molar-refractivity contribution in [3.63, 3.8) is 0 Å². The predicted molar refractivity (Wildman–Crippen MR) is 145 cm³/mol. The van der Waals surface area contributed by atoms with Crippen LogP contribution in [0.3, 0.4) is 0 Å². The Labute approximate surface area is 226 Å². The minimum Gasteiger partial charge on any atom is -0.379 e. The Balaban J connectivity index is 1.32. The van der Waals surface area contributed by atoms with E-state index in [0.717, 1.165) is 12.8 Å². The lowest BCUT2D eigenvalue weighted by atomic mass is 10.2. The highest BCUT2D eigenvalue weighted by atomic mass is 32.2. The van der Waals surface area contributed by atoms with E-state index >= 15 is 0 Å². The summed E-state index contributed by atoms with van der Waals surface area (Å²) in [5.74, 6) is -0.433. The van der Waals surface area contributed by atoms with Gasteiger partial charge in [-0.15, -0.1) is 0 Å². The van der Waals surface area contributed by atoms with Crippen LogP contribution >= 0.6 is 11.8 Å². The van der Waals surface area contributed by atoms with Gasteiger partial charge in [-0.05, 0) is 49.2 Å². The number of amides is 2. The molecular formula is C26H30N4O6S2. The fourth-order valence-electron chi connectivity index (χ4n) is 4.53. The zero-order valence-electron chi connectivity index (χ0n) is 20.8. The Morgan fingerprint density at radius 1 is 1.05 bits per heavy atom. The molecule has 0 saturated carbocycles. The number of hydrogen-bond acceptors (Lipinski definition) is 8. The van der Waals surface area contributed by atoms with Gasteiger partial charge in [0, 0.05) is 31.8 Å². The first-order valence-corrected chi connectivity index (χ1v) is 14.9. The van der Waals surface area contributed by atoms with E-state index in [2.05, 4.69) is 10.3 Å². The molecule has 3 saturated heterocycles. The summed E-state index contributed by atoms with van der Waals surface area (Å²) in [6.45, 7) is 2.42. The molecule has 0 spiro atoms. The van der Waals surface area contributed by atoms with Crippen molar-refractivity contribution in [2.45, 2.75) is 35.5 Å². The number of thioether (sulfide) groups is 1. The summed E-state index contributed by atoms with van der Waals surface area (Å²) in [6, 6.07) is 15.4. The maximum atomic E-state index is 13.3. The van der Waals surface area contributed by atoms with Gasteiger partial charge in [-0.2, -0.15) is 4.31 Å². The van der Waals surface area contributed by atoms with E-state index in [-0.39, 0.29) is 29.2 Å². The molecule has 2 amide bonds. The number of morpholine rings is 1. The van der Waals surface area contributed by atoms with Crippen LogP contribution < -0.4 is 5.32 Å². The van der Waals surface area contributed by atoms with Crippen molar-refractivity contribution >= 4 is 50.1 Å². The van der Waals surface area contributed by atoms with Gasteiger partial charge < -0.3 is 14.8 Å². The van der Waals surface area contributed by atoms with Gasteiger partial charge >= 0.3 is 0 Å². The molecule has 0 unspecified atom stereocenters. The molecule has 2 atom stereocenters. The molecule has 0 bridgehead atoms. The number of carbonyl (C=O) groups excluding carboxylic acids is 2. The Bertz CT molecular complexity index is 1270. The van der Waals surface area contributed by atoms with Crippen LogP contribution in [-0.4, -0.2) is 85.4 Å². The van der Waals surface area contributed by atoms with Gasteiger partial charge in [-0.1, -0.05) is 30.0 Å². The summed E-state index contributed by atoms with van der Waals surface area (Å²) in [5, 5.41) is 2.70. The number of carbonyl (C=O) groups is 2. The first kappa shape index (κ1) is 26.8. The Hall–Kier alpha value is -2.77. The lowest BCUT2D eigenvalue weighted by molar-refractivity contribution is -0.129. The molecule has 202 valence electrons. The molecule has 3 fully saturated rings. The average molecular weight is 559 g/mol. The number of rotatable bonds is 8. The number of nitrogens with one attached hydrogen (secondary N) is 1. The number of amidine groups is 1. The highest BCUT2D eigenvalue weighted by Gasteiger charge is 2.40. The lowest BCUT2D eigenvalue weighted by Crippen LogP contribution is -2.40. The summed E-state index contributed by atoms with van der Waals surface area (Å²) < 4.78 is 38.3. The number of para-hydroxylation sites is 1. The smallest absolute Gasteiger partial charge is 0.243 e. The number of anilines is 1. The SMILES string of the molecule is O=C(C[C@@H]1SC(=Nc2ccc(S(=O)(=O)N3CCOCC3)cc2)N(C[C@@H]2CCCO2)C1=O)Nc1ccccc1. The molecule has 3 heterocycles. The Morgan fingerprint density at radius 3 is 2.47 bits per heavy atom. The third-order valence-corrected chi connectivity index (χ3v) is 9.62. The standard InChI is InChI=1S/C26H30N4O6S2/c31-24(27-19-5-2-1-3-6-19)17-23-25(32)30(18-21-7-4-14-36-21)26(37-23)28-20-8-10-22(11-9-20)38(33,34)29-12-15-35-16-13-29/h1-3,5-6,8-11,21,23H,4,7,12-18H2,(H,27,31)/t21-,23-/m0/s1. The summed E-state index contributed by atoms with van der Waals surface area (Å²) in [4.78, 5) is 32.5. The van der Waals surface area contributed by atoms with Crippen LogP contribution in [0.15, 0.2) is 64.5 Å². The van der Waals surface area contributed by atoms with Crippen molar-refractivity contribution < 1.29 is 27.5 Å². The average Bonchev–Trinajstić information content (AvgIpc) is 3.54. The van der Waals surface area contributed by atoms with Crippen molar-refractivity contribution in [2.24, 2.45) is 4.99 Å². The number of sulfonamides is 1. The normalized spacial score (nSPS) is 23.7. The second kappa shape index (κ2) is 12.0. The first-order valence-electron chi connectivity index (χ1n) is 12.6. The monoisotopic (exact) mass is 558 g/mol. The van der Waals surface area contributed by atoms with E-state index < -0.39 is 15.3 Å². The number of hydrogen-bond donors (Lipinski definition) is 1. The van der Waals surface area contributed by atoms with Crippen molar-refractivity contribution in [3.8, 4) is 0 Å². The van der Waals surface area contributed by atoms with Crippen LogP contribution in [0, 0.1) is 0 Å². The van der Waals surface area contributed by atoms with E-state index in [1.54, 1.807) is 29.2 Å². The van der Waals surface area contributed by atoms with Crippen LogP contribution in [-0.2, 0) is 29.1 Å². The van der Waals surface area contributed by atoms with Gasteiger partial charge in [0.15, 0.2) is 5.17 Å². The molecule has 12 heteroatoms. The Morgan fingerprint density at radius 2 is 1.79 bits per heavy atom. The fraction of sp³-hybridized carbons (Fsp3) is 0.423. The number of nitrogens with zero attached hydrogens (tertiary/aromatic N) is 3.